The minimum atomic E-state index is 0.277. The molecule has 2 nitrogen and oxygen atoms in total. The second kappa shape index (κ2) is 6.75. The van der Waals surface area contributed by atoms with E-state index in [9.17, 15) is 0 Å². The van der Waals surface area contributed by atoms with Crippen LogP contribution in [0.1, 0.15) is 59.8 Å². The molecule has 2 N–H and O–H groups in total. The van der Waals surface area contributed by atoms with E-state index >= 15 is 0 Å². The van der Waals surface area contributed by atoms with Gasteiger partial charge in [0.1, 0.15) is 0 Å². The van der Waals surface area contributed by atoms with Crippen molar-refractivity contribution >= 4 is 0 Å². The smallest absolute Gasteiger partial charge is 0.0331 e. The van der Waals surface area contributed by atoms with Gasteiger partial charge < -0.3 is 5.73 Å². The highest BCUT2D eigenvalue weighted by Gasteiger charge is 2.38. The fourth-order valence-electron chi connectivity index (χ4n) is 3.24. The Balaban J connectivity index is 2.70. The molecule has 1 rings (SSSR count). The molecule has 0 saturated carbocycles. The molecule has 0 aromatic carbocycles. The Kier molecular flexibility index (Phi) is 5.94. The van der Waals surface area contributed by atoms with Gasteiger partial charge in [-0.3, -0.25) is 4.90 Å². The van der Waals surface area contributed by atoms with E-state index in [4.69, 9.17) is 5.73 Å². The molecular formula is C15H32N2. The summed E-state index contributed by atoms with van der Waals surface area (Å²) in [6.07, 6.45) is 6.44. The highest BCUT2D eigenvalue weighted by Crippen LogP contribution is 2.33. The molecule has 0 aromatic heterocycles. The average molecular weight is 240 g/mol. The minimum Gasteiger partial charge on any atom is -0.329 e. The Morgan fingerprint density at radius 2 is 2.06 bits per heavy atom. The molecular weight excluding hydrogens is 208 g/mol. The summed E-state index contributed by atoms with van der Waals surface area (Å²) in [5.41, 5.74) is 6.42. The van der Waals surface area contributed by atoms with Gasteiger partial charge in [-0.2, -0.15) is 0 Å². The van der Waals surface area contributed by atoms with Gasteiger partial charge in [0, 0.05) is 18.6 Å². The third kappa shape index (κ3) is 3.45. The van der Waals surface area contributed by atoms with Gasteiger partial charge in [-0.1, -0.05) is 40.5 Å². The summed E-state index contributed by atoms with van der Waals surface area (Å²) in [5.74, 6) is 1.70. The van der Waals surface area contributed by atoms with Gasteiger partial charge in [-0.05, 0) is 37.6 Å². The highest BCUT2D eigenvalue weighted by atomic mass is 15.2. The van der Waals surface area contributed by atoms with Crippen LogP contribution in [0.5, 0.6) is 0 Å². The van der Waals surface area contributed by atoms with Crippen LogP contribution in [0.25, 0.3) is 0 Å². The zero-order chi connectivity index (χ0) is 12.9. The maximum absolute atomic E-state index is 6.15. The first-order valence-electron chi connectivity index (χ1n) is 7.56. The number of nitrogens with two attached hydrogens (primary N) is 1. The Morgan fingerprint density at radius 3 is 2.47 bits per heavy atom. The largest absolute Gasteiger partial charge is 0.329 e. The van der Waals surface area contributed by atoms with Crippen LogP contribution in [0.2, 0.25) is 0 Å². The van der Waals surface area contributed by atoms with E-state index in [0.29, 0.717) is 0 Å². The van der Waals surface area contributed by atoms with Crippen molar-refractivity contribution in [3.05, 3.63) is 0 Å². The first kappa shape index (κ1) is 15.0. The Morgan fingerprint density at radius 1 is 1.35 bits per heavy atom. The molecule has 1 fully saturated rings. The molecule has 0 aromatic rings. The predicted octanol–water partition coefficient (Wildman–Crippen LogP) is 3.26. The molecule has 102 valence electrons. The fourth-order valence-corrected chi connectivity index (χ4v) is 3.24. The summed E-state index contributed by atoms with van der Waals surface area (Å²) in [7, 11) is 0. The van der Waals surface area contributed by atoms with E-state index in [1.54, 1.807) is 0 Å². The predicted molar refractivity (Wildman–Crippen MR) is 76.1 cm³/mol. The molecule has 1 saturated heterocycles. The van der Waals surface area contributed by atoms with Crippen LogP contribution in [0.3, 0.4) is 0 Å². The van der Waals surface area contributed by atoms with Crippen molar-refractivity contribution in [1.29, 1.82) is 0 Å². The molecule has 17 heavy (non-hydrogen) atoms. The monoisotopic (exact) mass is 240 g/mol. The molecule has 3 atom stereocenters. The summed E-state index contributed by atoms with van der Waals surface area (Å²) >= 11 is 0. The minimum absolute atomic E-state index is 0.277. The van der Waals surface area contributed by atoms with E-state index < -0.39 is 0 Å². The zero-order valence-corrected chi connectivity index (χ0v) is 12.3. The summed E-state index contributed by atoms with van der Waals surface area (Å²) < 4.78 is 0. The molecule has 0 radical (unpaired) electrons. The lowest BCUT2D eigenvalue weighted by atomic mass is 9.83. The van der Waals surface area contributed by atoms with Crippen molar-refractivity contribution in [2.45, 2.75) is 65.3 Å². The van der Waals surface area contributed by atoms with Crippen molar-refractivity contribution in [3.63, 3.8) is 0 Å². The number of hydrogen-bond acceptors (Lipinski definition) is 2. The van der Waals surface area contributed by atoms with Crippen LogP contribution in [0.15, 0.2) is 0 Å². The van der Waals surface area contributed by atoms with E-state index in [1.165, 1.54) is 45.2 Å². The Labute approximate surface area is 108 Å². The number of nitrogens with zero attached hydrogens (tertiary/aromatic N) is 1. The molecule has 0 bridgehead atoms. The SMILES string of the molecule is CCC(C)CC(CC)(CN)N1CCC(CC)C1. The standard InChI is InChI=1S/C15H32N2/c1-5-13(4)10-15(7-3,12-16)17-9-8-14(6-2)11-17/h13-14H,5-12,16H2,1-4H3. The van der Waals surface area contributed by atoms with Crippen LogP contribution in [-0.4, -0.2) is 30.1 Å². The zero-order valence-electron chi connectivity index (χ0n) is 12.3. The molecule has 2 heteroatoms. The van der Waals surface area contributed by atoms with Crippen molar-refractivity contribution in [2.24, 2.45) is 17.6 Å². The van der Waals surface area contributed by atoms with E-state index in [-0.39, 0.29) is 5.54 Å². The van der Waals surface area contributed by atoms with Crippen molar-refractivity contribution in [1.82, 2.24) is 4.90 Å². The second-order valence-corrected chi connectivity index (χ2v) is 6.01. The van der Waals surface area contributed by atoms with Gasteiger partial charge in [-0.25, -0.2) is 0 Å². The molecule has 0 spiro atoms. The van der Waals surface area contributed by atoms with Gasteiger partial charge in [-0.15, -0.1) is 0 Å². The van der Waals surface area contributed by atoms with Gasteiger partial charge in [0.25, 0.3) is 0 Å². The quantitative estimate of drug-likeness (QED) is 0.740. The van der Waals surface area contributed by atoms with Crippen LogP contribution in [0, 0.1) is 11.8 Å². The second-order valence-electron chi connectivity index (χ2n) is 6.01. The topological polar surface area (TPSA) is 29.3 Å². The third-order valence-electron chi connectivity index (χ3n) is 5.00. The van der Waals surface area contributed by atoms with Crippen LogP contribution < -0.4 is 5.73 Å². The fraction of sp³-hybridized carbons (Fsp3) is 1.00. The number of hydrogen-bond donors (Lipinski definition) is 1. The lowest BCUT2D eigenvalue weighted by Crippen LogP contribution is -2.53. The normalized spacial score (nSPS) is 27.0. The van der Waals surface area contributed by atoms with Crippen LogP contribution >= 0.6 is 0 Å². The van der Waals surface area contributed by atoms with Crippen LogP contribution in [-0.2, 0) is 0 Å². The van der Waals surface area contributed by atoms with Gasteiger partial charge in [0.2, 0.25) is 0 Å². The molecule has 1 aliphatic rings. The maximum atomic E-state index is 6.15. The summed E-state index contributed by atoms with van der Waals surface area (Å²) in [4.78, 5) is 2.70. The number of likely N-dealkylation sites (tertiary alicyclic amines) is 1. The molecule has 3 unspecified atom stereocenters. The molecule has 1 heterocycles. The lowest BCUT2D eigenvalue weighted by Gasteiger charge is -2.42. The first-order chi connectivity index (χ1) is 8.11. The van der Waals surface area contributed by atoms with Gasteiger partial charge in [0.15, 0.2) is 0 Å². The molecule has 0 aliphatic carbocycles. The van der Waals surface area contributed by atoms with Crippen molar-refractivity contribution in [3.8, 4) is 0 Å². The Bertz CT molecular complexity index is 211. The summed E-state index contributed by atoms with van der Waals surface area (Å²) in [6.45, 7) is 12.7. The first-order valence-corrected chi connectivity index (χ1v) is 7.56. The van der Waals surface area contributed by atoms with Gasteiger partial charge in [0.05, 0.1) is 0 Å². The summed E-state index contributed by atoms with van der Waals surface area (Å²) in [6, 6.07) is 0. The average Bonchev–Trinajstić information content (AvgIpc) is 2.85. The third-order valence-corrected chi connectivity index (χ3v) is 5.00. The lowest BCUT2D eigenvalue weighted by molar-refractivity contribution is 0.0864. The van der Waals surface area contributed by atoms with Crippen molar-refractivity contribution in [2.75, 3.05) is 19.6 Å². The van der Waals surface area contributed by atoms with Crippen molar-refractivity contribution < 1.29 is 0 Å². The maximum Gasteiger partial charge on any atom is 0.0331 e. The highest BCUT2D eigenvalue weighted by molar-refractivity contribution is 4.95. The van der Waals surface area contributed by atoms with E-state index in [1.807, 2.05) is 0 Å². The van der Waals surface area contributed by atoms with Crippen LogP contribution in [0.4, 0.5) is 0 Å². The Hall–Kier alpha value is -0.0800. The van der Waals surface area contributed by atoms with E-state index in [0.717, 1.165) is 18.4 Å². The van der Waals surface area contributed by atoms with E-state index in [2.05, 4.69) is 32.6 Å². The summed E-state index contributed by atoms with van der Waals surface area (Å²) in [5, 5.41) is 0. The van der Waals surface area contributed by atoms with Gasteiger partial charge >= 0.3 is 0 Å². The molecule has 1 aliphatic heterocycles. The molecule has 0 amide bonds. The number of rotatable bonds is 7.